The molecule has 0 saturated heterocycles. The molecule has 0 saturated carbocycles. The van der Waals surface area contributed by atoms with Crippen molar-refractivity contribution in [1.82, 2.24) is 4.90 Å². The molecule has 0 bridgehead atoms. The predicted molar refractivity (Wildman–Crippen MR) is 166 cm³/mol. The summed E-state index contributed by atoms with van der Waals surface area (Å²) < 4.78 is 27.0. The van der Waals surface area contributed by atoms with E-state index in [1.807, 2.05) is 19.9 Å². The minimum atomic E-state index is -3.90. The molecule has 3 aromatic carbocycles. The third-order valence-corrected chi connectivity index (χ3v) is 7.22. The Bertz CT molecular complexity index is 1560. The van der Waals surface area contributed by atoms with E-state index in [2.05, 4.69) is 4.99 Å². The lowest BCUT2D eigenvalue weighted by molar-refractivity contribution is -0.131. The number of aliphatic imine (C=N–C) groups is 1. The Morgan fingerprint density at radius 2 is 1.64 bits per heavy atom. The molecular formula is C29H31Cl3N4O5S. The van der Waals surface area contributed by atoms with Crippen LogP contribution in [-0.4, -0.2) is 48.1 Å². The lowest BCUT2D eigenvalue weighted by atomic mass is 10.0. The number of nitrogens with zero attached hydrogens (tertiary/aromatic N) is 2. The number of primary sulfonamides is 1. The first-order chi connectivity index (χ1) is 19.6. The van der Waals surface area contributed by atoms with Crippen molar-refractivity contribution in [2.45, 2.75) is 35.5 Å². The molecule has 2 amide bonds. The number of alkyl halides is 3. The van der Waals surface area contributed by atoms with Crippen LogP contribution in [0.1, 0.15) is 30.5 Å². The van der Waals surface area contributed by atoms with E-state index in [0.717, 1.165) is 11.1 Å². The molecule has 0 aliphatic carbocycles. The first-order valence-electron chi connectivity index (χ1n) is 12.8. The van der Waals surface area contributed by atoms with Gasteiger partial charge in [0.25, 0.3) is 0 Å². The molecule has 0 aromatic heterocycles. The van der Waals surface area contributed by atoms with Gasteiger partial charge in [-0.05, 0) is 34.7 Å². The number of sulfonamides is 1. The van der Waals surface area contributed by atoms with Crippen LogP contribution >= 0.6 is 34.8 Å². The van der Waals surface area contributed by atoms with Crippen LogP contribution in [0.5, 0.6) is 0 Å². The van der Waals surface area contributed by atoms with Gasteiger partial charge in [-0.15, -0.1) is 0 Å². The van der Waals surface area contributed by atoms with Crippen LogP contribution in [-0.2, 0) is 32.5 Å². The summed E-state index contributed by atoms with van der Waals surface area (Å²) >= 11 is 16.7. The molecule has 42 heavy (non-hydrogen) atoms. The van der Waals surface area contributed by atoms with Crippen LogP contribution in [0.15, 0.2) is 82.7 Å². The van der Waals surface area contributed by atoms with Gasteiger partial charge in [-0.2, -0.15) is 4.99 Å². The quantitative estimate of drug-likeness (QED) is 0.169. The van der Waals surface area contributed by atoms with Crippen LogP contribution in [0.4, 0.5) is 4.79 Å². The topological polar surface area (TPSA) is 145 Å². The molecule has 0 fully saturated rings. The average molecular weight is 654 g/mol. The molecular weight excluding hydrogens is 623 g/mol. The molecule has 9 nitrogen and oxygen atoms in total. The largest absolute Gasteiger partial charge is 0.443 e. The maximum absolute atomic E-state index is 13.4. The first-order valence-corrected chi connectivity index (χ1v) is 15.5. The van der Waals surface area contributed by atoms with E-state index < -0.39 is 26.5 Å². The van der Waals surface area contributed by atoms with Crippen molar-refractivity contribution in [3.05, 3.63) is 89.5 Å². The van der Waals surface area contributed by atoms with Gasteiger partial charge in [-0.25, -0.2) is 18.4 Å². The molecule has 0 atom stereocenters. The van der Waals surface area contributed by atoms with Gasteiger partial charge < -0.3 is 15.4 Å². The summed E-state index contributed by atoms with van der Waals surface area (Å²) in [5.74, 6) is 0.0225. The minimum Gasteiger partial charge on any atom is -0.443 e. The number of nitrogens with two attached hydrogens (primary N) is 2. The summed E-state index contributed by atoms with van der Waals surface area (Å²) in [4.78, 5) is 30.8. The van der Waals surface area contributed by atoms with Gasteiger partial charge >= 0.3 is 6.09 Å². The van der Waals surface area contributed by atoms with E-state index in [0.29, 0.717) is 29.8 Å². The Morgan fingerprint density at radius 1 is 0.976 bits per heavy atom. The molecule has 0 unspecified atom stereocenters. The number of hydrogen-bond donors (Lipinski definition) is 2. The van der Waals surface area contributed by atoms with Crippen LogP contribution < -0.4 is 10.9 Å². The van der Waals surface area contributed by atoms with Crippen molar-refractivity contribution < 1.29 is 22.7 Å². The van der Waals surface area contributed by atoms with Gasteiger partial charge in [0.05, 0.1) is 11.3 Å². The highest BCUT2D eigenvalue weighted by Gasteiger charge is 2.22. The highest BCUT2D eigenvalue weighted by molar-refractivity contribution is 7.89. The fourth-order valence-corrected chi connectivity index (χ4v) is 5.05. The summed E-state index contributed by atoms with van der Waals surface area (Å²) in [6.45, 7) is 4.36. The zero-order chi connectivity index (χ0) is 31.1. The van der Waals surface area contributed by atoms with Crippen LogP contribution in [0.3, 0.4) is 0 Å². The van der Waals surface area contributed by atoms with Gasteiger partial charge in [-0.3, -0.25) is 4.79 Å². The van der Waals surface area contributed by atoms with Crippen LogP contribution in [0.25, 0.3) is 11.1 Å². The molecule has 0 heterocycles. The number of amidine groups is 1. The molecule has 0 radical (unpaired) electrons. The van der Waals surface area contributed by atoms with E-state index in [4.69, 9.17) is 50.4 Å². The lowest BCUT2D eigenvalue weighted by Gasteiger charge is -2.25. The van der Waals surface area contributed by atoms with Crippen molar-refractivity contribution >= 4 is 62.7 Å². The molecule has 0 spiro atoms. The standard InChI is InChI=1S/C29H31Cl3N4O5S/c1-19(2)16-36(17-21-6-5-7-23(14-21)27(33)35-28(38)41-18-29(30,31)32)26(37)15-20-10-12-22(13-11-20)24-8-3-4-9-25(24)42(34,39)40/h3-14,19H,15-18H2,1-2H3,(H2,33,35,38)(H2,34,39,40). The lowest BCUT2D eigenvalue weighted by Crippen LogP contribution is -2.35. The summed E-state index contributed by atoms with van der Waals surface area (Å²) in [5.41, 5.74) is 9.16. The normalized spacial score (nSPS) is 12.3. The summed E-state index contributed by atoms with van der Waals surface area (Å²) in [5, 5.41) is 5.38. The summed E-state index contributed by atoms with van der Waals surface area (Å²) in [6, 6.07) is 20.6. The minimum absolute atomic E-state index is 0.0320. The summed E-state index contributed by atoms with van der Waals surface area (Å²) in [6.07, 6.45) is -0.859. The fraction of sp³-hybridized carbons (Fsp3) is 0.276. The van der Waals surface area contributed by atoms with Crippen LogP contribution in [0.2, 0.25) is 0 Å². The SMILES string of the molecule is CC(C)CN(Cc1cccc(C(N)=NC(=O)OCC(Cl)(Cl)Cl)c1)C(=O)Cc1ccc(-c2ccccc2S(N)(=O)=O)cc1. The third-order valence-electron chi connectivity index (χ3n) is 5.92. The van der Waals surface area contributed by atoms with E-state index >= 15 is 0 Å². The Kier molecular flexibility index (Phi) is 11.4. The van der Waals surface area contributed by atoms with Crippen LogP contribution in [0, 0.1) is 5.92 Å². The van der Waals surface area contributed by atoms with E-state index in [9.17, 15) is 18.0 Å². The molecule has 13 heteroatoms. The fourth-order valence-electron chi connectivity index (χ4n) is 4.13. The Hall–Kier alpha value is -3.15. The maximum atomic E-state index is 13.4. The van der Waals surface area contributed by atoms with Gasteiger partial charge in [0.15, 0.2) is 0 Å². The molecule has 0 aliphatic heterocycles. The monoisotopic (exact) mass is 652 g/mol. The Balaban J connectivity index is 1.74. The van der Waals surface area contributed by atoms with Gasteiger partial charge in [0.2, 0.25) is 19.7 Å². The number of halogens is 3. The second-order valence-corrected chi connectivity index (χ2v) is 14.0. The number of rotatable bonds is 10. The number of carbonyl (C=O) groups is 2. The number of ether oxygens (including phenoxy) is 1. The first kappa shape index (κ1) is 33.4. The number of carbonyl (C=O) groups excluding carboxylic acids is 2. The molecule has 3 aromatic rings. The van der Waals surface area contributed by atoms with Gasteiger partial charge in [0.1, 0.15) is 12.4 Å². The number of benzene rings is 3. The van der Waals surface area contributed by atoms with Crippen molar-refractivity contribution in [1.29, 1.82) is 0 Å². The van der Waals surface area contributed by atoms with Gasteiger partial charge in [-0.1, -0.05) is 109 Å². The maximum Gasteiger partial charge on any atom is 0.435 e. The second-order valence-electron chi connectivity index (χ2n) is 9.95. The van der Waals surface area contributed by atoms with Gasteiger partial charge in [0, 0.05) is 24.2 Å². The van der Waals surface area contributed by atoms with Crippen molar-refractivity contribution in [2.75, 3.05) is 13.2 Å². The summed E-state index contributed by atoms with van der Waals surface area (Å²) in [7, 11) is -3.90. The molecule has 0 aliphatic rings. The predicted octanol–water partition coefficient (Wildman–Crippen LogP) is 5.44. The zero-order valence-corrected chi connectivity index (χ0v) is 26.1. The van der Waals surface area contributed by atoms with E-state index in [-0.39, 0.29) is 29.0 Å². The second kappa shape index (κ2) is 14.3. The zero-order valence-electron chi connectivity index (χ0n) is 23.0. The molecule has 3 rings (SSSR count). The van der Waals surface area contributed by atoms with Crippen molar-refractivity contribution in [3.63, 3.8) is 0 Å². The smallest absolute Gasteiger partial charge is 0.435 e. The highest BCUT2D eigenvalue weighted by Crippen LogP contribution is 2.27. The van der Waals surface area contributed by atoms with E-state index in [1.165, 1.54) is 6.07 Å². The Labute approximate surface area is 260 Å². The molecule has 224 valence electrons. The van der Waals surface area contributed by atoms with Crippen molar-refractivity contribution in [3.8, 4) is 11.1 Å². The molecule has 4 N–H and O–H groups in total. The van der Waals surface area contributed by atoms with E-state index in [1.54, 1.807) is 65.6 Å². The third kappa shape index (κ3) is 10.3. The number of hydrogen-bond acceptors (Lipinski definition) is 5. The number of amides is 2. The highest BCUT2D eigenvalue weighted by atomic mass is 35.6. The van der Waals surface area contributed by atoms with Crippen molar-refractivity contribution in [2.24, 2.45) is 21.8 Å². The Morgan fingerprint density at radius 3 is 2.26 bits per heavy atom. The average Bonchev–Trinajstić information content (AvgIpc) is 2.91.